The molecule has 0 aliphatic rings. The third-order valence-corrected chi connectivity index (χ3v) is 6.32. The van der Waals surface area contributed by atoms with Gasteiger partial charge >= 0.3 is 0 Å². The molecule has 3 rings (SSSR count). The zero-order chi connectivity index (χ0) is 19.4. The smallest absolute Gasteiger partial charge is 0.260 e. The van der Waals surface area contributed by atoms with Crippen molar-refractivity contribution in [3.8, 4) is 0 Å². The lowest BCUT2D eigenvalue weighted by atomic mass is 10.2. The van der Waals surface area contributed by atoms with Crippen molar-refractivity contribution in [2.24, 2.45) is 0 Å². The van der Waals surface area contributed by atoms with E-state index in [1.807, 2.05) is 48.7 Å². The normalized spacial score (nSPS) is 11.3. The lowest BCUT2D eigenvalue weighted by molar-refractivity contribution is -0.858. The number of thiazole rings is 1. The van der Waals surface area contributed by atoms with Crippen LogP contribution in [0, 0.1) is 0 Å². The maximum absolute atomic E-state index is 13.2. The molecule has 1 aromatic heterocycles. The average molecular weight is 421 g/mol. The molecule has 0 atom stereocenters. The second-order valence-electron chi connectivity index (χ2n) is 6.58. The van der Waals surface area contributed by atoms with E-state index >= 15 is 0 Å². The van der Waals surface area contributed by atoms with Gasteiger partial charge in [0.25, 0.3) is 5.91 Å². The molecule has 1 amide bonds. The van der Waals surface area contributed by atoms with Gasteiger partial charge in [-0.1, -0.05) is 29.0 Å². The first-order valence-corrected chi connectivity index (χ1v) is 11.2. The molecule has 0 radical (unpaired) electrons. The van der Waals surface area contributed by atoms with Gasteiger partial charge in [-0.25, -0.2) is 4.98 Å². The molecule has 142 valence electrons. The molecule has 27 heavy (non-hydrogen) atoms. The molecular formula is C20H23ClN3OS2+. The van der Waals surface area contributed by atoms with E-state index in [0.29, 0.717) is 22.3 Å². The molecule has 4 nitrogen and oxygen atoms in total. The quantitative estimate of drug-likeness (QED) is 0.590. The summed E-state index contributed by atoms with van der Waals surface area (Å²) >= 11 is 9.46. The molecule has 3 aromatic rings. The van der Waals surface area contributed by atoms with Crippen LogP contribution in [0.3, 0.4) is 0 Å². The van der Waals surface area contributed by atoms with Gasteiger partial charge in [0.05, 0.1) is 30.4 Å². The number of hydrogen-bond donors (Lipinski definition) is 1. The Bertz CT molecular complexity index is 925. The Kier molecular flexibility index (Phi) is 6.76. The summed E-state index contributed by atoms with van der Waals surface area (Å²) in [7, 11) is 4.23. The predicted molar refractivity (Wildman–Crippen MR) is 117 cm³/mol. The summed E-state index contributed by atoms with van der Waals surface area (Å²) < 4.78 is 0.992. The van der Waals surface area contributed by atoms with E-state index in [4.69, 9.17) is 11.6 Å². The van der Waals surface area contributed by atoms with Gasteiger partial charge in [-0.05, 0) is 42.7 Å². The Balaban J connectivity index is 1.93. The molecule has 0 fully saturated rings. The number of aromatic nitrogens is 1. The van der Waals surface area contributed by atoms with Crippen LogP contribution >= 0.6 is 34.7 Å². The van der Waals surface area contributed by atoms with E-state index in [1.165, 1.54) is 16.2 Å². The standard InChI is InChI=1S/C20H22ClN3OS2/c1-23(2)12-5-13-24(19(25)14-8-10-15(26-3)11-9-14)20-22-18-16(21)6-4-7-17(18)27-20/h4,6-11H,5,12-13H2,1-3H3/p+1. The SMILES string of the molecule is CSc1ccc(C(=O)N(CCC[NH+](C)C)c2nc3c(Cl)cccc3s2)cc1. The molecule has 0 saturated carbocycles. The number of benzene rings is 2. The zero-order valence-electron chi connectivity index (χ0n) is 15.7. The number of carbonyl (C=O) groups excluding carboxylic acids is 1. The fraction of sp³-hybridized carbons (Fsp3) is 0.300. The Hall–Kier alpha value is -1.60. The summed E-state index contributed by atoms with van der Waals surface area (Å²) in [6, 6.07) is 13.5. The highest BCUT2D eigenvalue weighted by Crippen LogP contribution is 2.33. The molecule has 7 heteroatoms. The van der Waals surface area contributed by atoms with Gasteiger partial charge < -0.3 is 4.90 Å². The van der Waals surface area contributed by atoms with Crippen molar-refractivity contribution < 1.29 is 9.69 Å². The monoisotopic (exact) mass is 420 g/mol. The van der Waals surface area contributed by atoms with Crippen LogP contribution in [0.15, 0.2) is 47.4 Å². The molecule has 0 aliphatic heterocycles. The Labute approximate surface area is 173 Å². The first-order chi connectivity index (χ1) is 13.0. The first kappa shape index (κ1) is 20.1. The number of halogens is 1. The van der Waals surface area contributed by atoms with E-state index in [-0.39, 0.29) is 5.91 Å². The number of para-hydroxylation sites is 1. The lowest BCUT2D eigenvalue weighted by Crippen LogP contribution is -3.05. The zero-order valence-corrected chi connectivity index (χ0v) is 18.0. The Morgan fingerprint density at radius 3 is 2.59 bits per heavy atom. The molecular weight excluding hydrogens is 398 g/mol. The number of thioether (sulfide) groups is 1. The third kappa shape index (κ3) is 4.82. The number of nitrogens with zero attached hydrogens (tertiary/aromatic N) is 2. The molecule has 0 spiro atoms. The third-order valence-electron chi connectivity index (χ3n) is 4.23. The van der Waals surface area contributed by atoms with Gasteiger partial charge in [-0.2, -0.15) is 0 Å². The summed E-state index contributed by atoms with van der Waals surface area (Å²) in [5, 5.41) is 1.32. The van der Waals surface area contributed by atoms with E-state index < -0.39 is 0 Å². The molecule has 0 unspecified atom stereocenters. The maximum Gasteiger partial charge on any atom is 0.260 e. The Morgan fingerprint density at radius 1 is 1.22 bits per heavy atom. The van der Waals surface area contributed by atoms with E-state index in [1.54, 1.807) is 16.7 Å². The van der Waals surface area contributed by atoms with Gasteiger partial charge in [0.2, 0.25) is 0 Å². The summed E-state index contributed by atoms with van der Waals surface area (Å²) in [5.41, 5.74) is 1.43. The van der Waals surface area contributed by atoms with Crippen molar-refractivity contribution in [3.05, 3.63) is 53.1 Å². The van der Waals surface area contributed by atoms with Gasteiger partial charge in [-0.15, -0.1) is 11.8 Å². The van der Waals surface area contributed by atoms with Crippen LogP contribution in [0.25, 0.3) is 10.2 Å². The molecule has 0 saturated heterocycles. The minimum absolute atomic E-state index is 0.0217. The number of nitrogens with one attached hydrogen (secondary N) is 1. The number of fused-ring (bicyclic) bond motifs is 1. The summed E-state index contributed by atoms with van der Waals surface area (Å²) in [4.78, 5) is 22.2. The lowest BCUT2D eigenvalue weighted by Gasteiger charge is -2.20. The summed E-state index contributed by atoms with van der Waals surface area (Å²) in [6.45, 7) is 1.62. The van der Waals surface area contributed by atoms with E-state index in [2.05, 4.69) is 19.1 Å². The number of amides is 1. The fourth-order valence-corrected chi connectivity index (χ4v) is 4.48. The van der Waals surface area contributed by atoms with Gasteiger partial charge in [0.1, 0.15) is 5.52 Å². The van der Waals surface area contributed by atoms with Crippen LogP contribution < -0.4 is 9.80 Å². The van der Waals surface area contributed by atoms with Crippen molar-refractivity contribution >= 4 is 56.0 Å². The van der Waals surface area contributed by atoms with Crippen LogP contribution in [0.2, 0.25) is 5.02 Å². The average Bonchev–Trinajstić information content (AvgIpc) is 3.10. The first-order valence-electron chi connectivity index (χ1n) is 8.79. The van der Waals surface area contributed by atoms with Crippen LogP contribution in [-0.2, 0) is 0 Å². The van der Waals surface area contributed by atoms with Crippen molar-refractivity contribution in [1.29, 1.82) is 0 Å². The predicted octanol–water partition coefficient (Wildman–Crippen LogP) is 3.85. The number of rotatable bonds is 7. The second kappa shape index (κ2) is 9.06. The highest BCUT2D eigenvalue weighted by molar-refractivity contribution is 7.98. The maximum atomic E-state index is 13.2. The number of anilines is 1. The molecule has 0 bridgehead atoms. The minimum Gasteiger partial charge on any atom is -0.340 e. The van der Waals surface area contributed by atoms with Gasteiger partial charge in [0, 0.05) is 23.4 Å². The molecule has 1 N–H and O–H groups in total. The number of quaternary nitrogens is 1. The fourth-order valence-electron chi connectivity index (χ4n) is 2.78. The van der Waals surface area contributed by atoms with Crippen molar-refractivity contribution in [2.45, 2.75) is 11.3 Å². The highest BCUT2D eigenvalue weighted by Gasteiger charge is 2.22. The van der Waals surface area contributed by atoms with Crippen molar-refractivity contribution in [2.75, 3.05) is 38.3 Å². The van der Waals surface area contributed by atoms with Gasteiger partial charge in [0.15, 0.2) is 5.13 Å². The largest absolute Gasteiger partial charge is 0.340 e. The topological polar surface area (TPSA) is 37.6 Å². The van der Waals surface area contributed by atoms with Crippen molar-refractivity contribution in [3.63, 3.8) is 0 Å². The second-order valence-corrected chi connectivity index (χ2v) is 8.87. The molecule has 2 aromatic carbocycles. The summed E-state index contributed by atoms with van der Waals surface area (Å²) in [5.74, 6) is -0.0217. The minimum atomic E-state index is -0.0217. The van der Waals surface area contributed by atoms with E-state index in [9.17, 15) is 4.79 Å². The molecule has 1 heterocycles. The van der Waals surface area contributed by atoms with Crippen LogP contribution in [-0.4, -0.2) is 44.3 Å². The number of carbonyl (C=O) groups is 1. The summed E-state index contributed by atoms with van der Waals surface area (Å²) in [6.07, 6.45) is 2.93. The van der Waals surface area contributed by atoms with Crippen LogP contribution in [0.1, 0.15) is 16.8 Å². The van der Waals surface area contributed by atoms with Crippen molar-refractivity contribution in [1.82, 2.24) is 4.98 Å². The highest BCUT2D eigenvalue weighted by atomic mass is 35.5. The Morgan fingerprint density at radius 2 is 1.96 bits per heavy atom. The van der Waals surface area contributed by atoms with Gasteiger partial charge in [-0.3, -0.25) is 9.69 Å². The van der Waals surface area contributed by atoms with Crippen LogP contribution in [0.5, 0.6) is 0 Å². The number of hydrogen-bond acceptors (Lipinski definition) is 4. The van der Waals surface area contributed by atoms with Crippen LogP contribution in [0.4, 0.5) is 5.13 Å². The van der Waals surface area contributed by atoms with E-state index in [0.717, 1.165) is 28.1 Å². The molecule has 0 aliphatic carbocycles.